The van der Waals surface area contributed by atoms with Gasteiger partial charge in [0.15, 0.2) is 5.16 Å². The van der Waals surface area contributed by atoms with E-state index in [2.05, 4.69) is 21.6 Å². The smallest absolute Gasteiger partial charge is 0.236 e. The van der Waals surface area contributed by atoms with E-state index in [1.807, 2.05) is 53.3 Å². The predicted octanol–water partition coefficient (Wildman–Crippen LogP) is 3.04. The van der Waals surface area contributed by atoms with Gasteiger partial charge in [0.05, 0.1) is 11.3 Å². The Labute approximate surface area is 196 Å². The van der Waals surface area contributed by atoms with E-state index in [1.165, 1.54) is 11.8 Å². The Morgan fingerprint density at radius 2 is 1.97 bits per heavy atom. The number of para-hydroxylation sites is 1. The molecule has 1 fully saturated rings. The highest BCUT2D eigenvalue weighted by atomic mass is 32.2. The minimum Gasteiger partial charge on any atom is -0.370 e. The minimum absolute atomic E-state index is 0.0856. The molecule has 1 aliphatic rings. The molecule has 2 aromatic heterocycles. The monoisotopic (exact) mass is 463 g/mol. The summed E-state index contributed by atoms with van der Waals surface area (Å²) in [5, 5.41) is 21.7. The Morgan fingerprint density at radius 1 is 1.24 bits per heavy atom. The zero-order valence-electron chi connectivity index (χ0n) is 18.5. The standard InChI is InChI=1S/C23H25N7O2S/c1-14-15(2)30(17-6-4-3-5-7-17)22(18(14)12-24)26-20(32)13-33-23-28-27-21(16-8-9-16)29(23)11-10-19(25)31/h3-7,16H,8-11,13H2,1-2H3,(H2,25,31)(H,26,32). The number of primary amides is 1. The molecule has 170 valence electrons. The average molecular weight is 464 g/mol. The molecule has 3 N–H and O–H groups in total. The topological polar surface area (TPSA) is 132 Å². The number of aromatic nitrogens is 4. The molecule has 1 aromatic carbocycles. The molecule has 33 heavy (non-hydrogen) atoms. The second-order valence-corrected chi connectivity index (χ2v) is 8.98. The van der Waals surface area contributed by atoms with Gasteiger partial charge in [-0.25, -0.2) is 0 Å². The van der Waals surface area contributed by atoms with Gasteiger partial charge in [-0.05, 0) is 44.4 Å². The lowest BCUT2D eigenvalue weighted by molar-refractivity contribution is -0.118. The quantitative estimate of drug-likeness (QED) is 0.469. The fourth-order valence-electron chi connectivity index (χ4n) is 3.74. The van der Waals surface area contributed by atoms with Gasteiger partial charge in [-0.3, -0.25) is 14.2 Å². The number of hydrogen-bond donors (Lipinski definition) is 2. The molecule has 2 amide bonds. The van der Waals surface area contributed by atoms with Crippen molar-refractivity contribution in [2.45, 2.75) is 50.7 Å². The number of anilines is 1. The molecular weight excluding hydrogens is 438 g/mol. The molecule has 1 aliphatic carbocycles. The number of carbonyl (C=O) groups excluding carboxylic acids is 2. The molecule has 3 aromatic rings. The van der Waals surface area contributed by atoms with Crippen molar-refractivity contribution < 1.29 is 9.59 Å². The number of amides is 2. The highest BCUT2D eigenvalue weighted by Crippen LogP contribution is 2.40. The maximum atomic E-state index is 12.9. The number of nitriles is 1. The summed E-state index contributed by atoms with van der Waals surface area (Å²) in [5.41, 5.74) is 8.34. The van der Waals surface area contributed by atoms with Gasteiger partial charge in [-0.1, -0.05) is 30.0 Å². The van der Waals surface area contributed by atoms with E-state index in [0.29, 0.717) is 29.0 Å². The van der Waals surface area contributed by atoms with Gasteiger partial charge < -0.3 is 15.6 Å². The van der Waals surface area contributed by atoms with Crippen molar-refractivity contribution in [3.63, 3.8) is 0 Å². The zero-order valence-corrected chi connectivity index (χ0v) is 19.4. The molecule has 0 aliphatic heterocycles. The van der Waals surface area contributed by atoms with E-state index in [9.17, 15) is 14.9 Å². The summed E-state index contributed by atoms with van der Waals surface area (Å²) in [6.45, 7) is 4.19. The average Bonchev–Trinajstić information content (AvgIpc) is 3.52. The molecule has 0 saturated heterocycles. The first-order chi connectivity index (χ1) is 15.9. The lowest BCUT2D eigenvalue weighted by Crippen LogP contribution is -2.19. The maximum Gasteiger partial charge on any atom is 0.236 e. The zero-order chi connectivity index (χ0) is 23.5. The number of thioether (sulfide) groups is 1. The van der Waals surface area contributed by atoms with Crippen LogP contribution in [0.15, 0.2) is 35.5 Å². The van der Waals surface area contributed by atoms with Gasteiger partial charge in [0.2, 0.25) is 11.8 Å². The van der Waals surface area contributed by atoms with Crippen LogP contribution in [0.3, 0.4) is 0 Å². The molecule has 0 bridgehead atoms. The molecule has 9 nitrogen and oxygen atoms in total. The van der Waals surface area contributed by atoms with Crippen molar-refractivity contribution in [3.05, 3.63) is 53.0 Å². The number of hydrogen-bond acceptors (Lipinski definition) is 6. The molecule has 0 radical (unpaired) electrons. The Kier molecular flexibility index (Phi) is 6.51. The van der Waals surface area contributed by atoms with E-state index < -0.39 is 5.91 Å². The lowest BCUT2D eigenvalue weighted by Gasteiger charge is -2.13. The van der Waals surface area contributed by atoms with Crippen LogP contribution in [0.4, 0.5) is 5.82 Å². The first-order valence-corrected chi connectivity index (χ1v) is 11.7. The first-order valence-electron chi connectivity index (χ1n) is 10.7. The fraction of sp³-hybridized carbons (Fsp3) is 0.348. The molecule has 4 rings (SSSR count). The SMILES string of the molecule is Cc1c(C#N)c(NC(=O)CSc2nnc(C3CC3)n2CCC(N)=O)n(-c2ccccc2)c1C. The number of benzene rings is 1. The van der Waals surface area contributed by atoms with Crippen LogP contribution < -0.4 is 11.1 Å². The third-order valence-corrected chi connectivity index (χ3v) is 6.67. The number of rotatable bonds is 9. The van der Waals surface area contributed by atoms with Crippen LogP contribution in [0, 0.1) is 25.2 Å². The van der Waals surface area contributed by atoms with Crippen LogP contribution in [0.5, 0.6) is 0 Å². The largest absolute Gasteiger partial charge is 0.370 e. The second-order valence-electron chi connectivity index (χ2n) is 8.04. The van der Waals surface area contributed by atoms with Gasteiger partial charge in [0.1, 0.15) is 17.7 Å². The van der Waals surface area contributed by atoms with Gasteiger partial charge in [0.25, 0.3) is 0 Å². The van der Waals surface area contributed by atoms with Crippen LogP contribution in [-0.2, 0) is 16.1 Å². The Bertz CT molecular complexity index is 1240. The molecule has 0 atom stereocenters. The Morgan fingerprint density at radius 3 is 2.61 bits per heavy atom. The first kappa shape index (κ1) is 22.6. The van der Waals surface area contributed by atoms with Crippen molar-refractivity contribution in [1.82, 2.24) is 19.3 Å². The Balaban J connectivity index is 1.53. The molecule has 2 heterocycles. The van der Waals surface area contributed by atoms with Crippen molar-refractivity contribution in [2.24, 2.45) is 5.73 Å². The highest BCUT2D eigenvalue weighted by Gasteiger charge is 2.30. The van der Waals surface area contributed by atoms with Gasteiger partial charge in [0, 0.05) is 30.3 Å². The summed E-state index contributed by atoms with van der Waals surface area (Å²) in [4.78, 5) is 24.2. The van der Waals surface area contributed by atoms with E-state index in [1.54, 1.807) is 0 Å². The summed E-state index contributed by atoms with van der Waals surface area (Å²) in [5.74, 6) is 1.08. The van der Waals surface area contributed by atoms with Crippen molar-refractivity contribution in [3.8, 4) is 11.8 Å². The molecular formula is C23H25N7O2S. The summed E-state index contributed by atoms with van der Waals surface area (Å²) >= 11 is 1.25. The molecule has 0 spiro atoms. The van der Waals surface area contributed by atoms with Crippen LogP contribution in [0.2, 0.25) is 0 Å². The van der Waals surface area contributed by atoms with Crippen LogP contribution in [-0.4, -0.2) is 36.9 Å². The molecule has 1 saturated carbocycles. The molecule has 10 heteroatoms. The number of nitrogens with one attached hydrogen (secondary N) is 1. The third-order valence-electron chi connectivity index (χ3n) is 5.70. The van der Waals surface area contributed by atoms with Gasteiger partial charge in [-0.15, -0.1) is 10.2 Å². The second kappa shape index (κ2) is 9.50. The summed E-state index contributed by atoms with van der Waals surface area (Å²) in [7, 11) is 0. The number of nitrogens with two attached hydrogens (primary N) is 1. The highest BCUT2D eigenvalue weighted by molar-refractivity contribution is 7.99. The van der Waals surface area contributed by atoms with Gasteiger partial charge in [-0.2, -0.15) is 5.26 Å². The van der Waals surface area contributed by atoms with E-state index >= 15 is 0 Å². The number of nitrogens with zero attached hydrogens (tertiary/aromatic N) is 5. The summed E-state index contributed by atoms with van der Waals surface area (Å²) < 4.78 is 3.78. The normalized spacial score (nSPS) is 13.0. The lowest BCUT2D eigenvalue weighted by atomic mass is 10.2. The van der Waals surface area contributed by atoms with E-state index in [-0.39, 0.29) is 18.1 Å². The number of carbonyl (C=O) groups is 2. The van der Waals surface area contributed by atoms with Crippen LogP contribution >= 0.6 is 11.8 Å². The van der Waals surface area contributed by atoms with E-state index in [0.717, 1.165) is 35.6 Å². The Hall–Kier alpha value is -3.58. The van der Waals surface area contributed by atoms with E-state index in [4.69, 9.17) is 5.73 Å². The summed E-state index contributed by atoms with van der Waals surface area (Å²) in [6.07, 6.45) is 2.28. The van der Waals surface area contributed by atoms with Crippen LogP contribution in [0.25, 0.3) is 5.69 Å². The van der Waals surface area contributed by atoms with Crippen molar-refractivity contribution in [1.29, 1.82) is 5.26 Å². The maximum absolute atomic E-state index is 12.9. The third kappa shape index (κ3) is 4.78. The van der Waals surface area contributed by atoms with Gasteiger partial charge >= 0.3 is 0 Å². The van der Waals surface area contributed by atoms with Crippen molar-refractivity contribution >= 4 is 29.4 Å². The predicted molar refractivity (Wildman–Crippen MR) is 125 cm³/mol. The fourth-order valence-corrected chi connectivity index (χ4v) is 4.51. The van der Waals surface area contributed by atoms with Crippen LogP contribution in [0.1, 0.15) is 47.8 Å². The minimum atomic E-state index is -0.393. The van der Waals surface area contributed by atoms with Crippen molar-refractivity contribution in [2.75, 3.05) is 11.1 Å². The molecule has 0 unspecified atom stereocenters. The summed E-state index contributed by atoms with van der Waals surface area (Å²) in [6, 6.07) is 11.8.